The Bertz CT molecular complexity index is 766. The second-order valence-electron chi connectivity index (χ2n) is 6.81. The van der Waals surface area contributed by atoms with Gasteiger partial charge in [0.1, 0.15) is 12.4 Å². The monoisotopic (exact) mass is 400 g/mol. The molecule has 0 bridgehead atoms. The highest BCUT2D eigenvalue weighted by Gasteiger charge is 2.25. The van der Waals surface area contributed by atoms with Gasteiger partial charge in [-0.05, 0) is 43.0 Å². The summed E-state index contributed by atoms with van der Waals surface area (Å²) in [7, 11) is -2.74. The highest BCUT2D eigenvalue weighted by Crippen LogP contribution is 2.23. The van der Waals surface area contributed by atoms with Crippen LogP contribution in [0.2, 0.25) is 0 Å². The van der Waals surface area contributed by atoms with E-state index in [0.717, 1.165) is 54.3 Å². The van der Waals surface area contributed by atoms with Crippen molar-refractivity contribution in [2.45, 2.75) is 43.5 Å². The van der Waals surface area contributed by atoms with Crippen LogP contribution in [0.1, 0.15) is 32.6 Å². The van der Waals surface area contributed by atoms with Gasteiger partial charge in [0.15, 0.2) is 6.61 Å². The molecule has 150 valence electrons. The maximum Gasteiger partial charge on any atom is 0.321 e. The topological polar surface area (TPSA) is 92.8 Å². The number of esters is 1. The van der Waals surface area contributed by atoms with Gasteiger partial charge >= 0.3 is 5.97 Å². The third kappa shape index (κ3) is 6.00. The van der Waals surface area contributed by atoms with Gasteiger partial charge in [-0.15, -0.1) is 0 Å². The molecule has 0 aliphatic heterocycles. The van der Waals surface area contributed by atoms with Crippen LogP contribution >= 0.6 is 0 Å². The third-order valence-electron chi connectivity index (χ3n) is 4.70. The normalized spacial score (nSPS) is 20.3. The lowest BCUT2D eigenvalue weighted by Crippen LogP contribution is -2.43. The van der Waals surface area contributed by atoms with Gasteiger partial charge in [-0.2, -0.15) is 4.31 Å². The lowest BCUT2D eigenvalue weighted by atomic mass is 9.86. The van der Waals surface area contributed by atoms with Crippen LogP contribution in [0.25, 0.3) is 0 Å². The number of hydrogen-bond acceptors (Lipinski definition) is 5. The molecule has 0 heterocycles. The van der Waals surface area contributed by atoms with Crippen molar-refractivity contribution >= 4 is 21.9 Å². The van der Waals surface area contributed by atoms with Crippen molar-refractivity contribution in [2.24, 2.45) is 5.92 Å². The number of benzene rings is 1. The van der Waals surface area contributed by atoms with Gasteiger partial charge < -0.3 is 10.1 Å². The fourth-order valence-electron chi connectivity index (χ4n) is 3.02. The number of sulfonamides is 1. The number of nitrogens with one attached hydrogen (secondary N) is 1. The SMILES string of the molecule is C[C@@H]1CCCC[C@@H]1NC(=O)COC(=O)CN(C)S(=O)(=O)c1ccc(F)cc1. The minimum atomic E-state index is -3.95. The quantitative estimate of drug-likeness (QED) is 0.703. The minimum absolute atomic E-state index is 0.0754. The van der Waals surface area contributed by atoms with Crippen molar-refractivity contribution in [1.29, 1.82) is 0 Å². The first-order valence-electron chi connectivity index (χ1n) is 8.87. The molecule has 1 saturated carbocycles. The lowest BCUT2D eigenvalue weighted by Gasteiger charge is -2.29. The number of rotatable bonds is 7. The summed E-state index contributed by atoms with van der Waals surface area (Å²) in [5, 5.41) is 2.86. The fraction of sp³-hybridized carbons (Fsp3) is 0.556. The molecule has 1 aromatic rings. The molecule has 0 unspecified atom stereocenters. The van der Waals surface area contributed by atoms with Crippen molar-refractivity contribution in [2.75, 3.05) is 20.2 Å². The van der Waals surface area contributed by atoms with E-state index in [2.05, 4.69) is 12.2 Å². The molecular formula is C18H25FN2O5S. The molecule has 0 aromatic heterocycles. The maximum absolute atomic E-state index is 12.9. The van der Waals surface area contributed by atoms with E-state index in [1.54, 1.807) is 0 Å². The Morgan fingerprint density at radius 3 is 2.48 bits per heavy atom. The third-order valence-corrected chi connectivity index (χ3v) is 6.51. The molecule has 1 aliphatic carbocycles. The van der Waals surface area contributed by atoms with E-state index in [4.69, 9.17) is 4.74 Å². The van der Waals surface area contributed by atoms with E-state index in [1.807, 2.05) is 0 Å². The van der Waals surface area contributed by atoms with E-state index in [0.29, 0.717) is 5.92 Å². The number of amides is 1. The Kier molecular flexibility index (Phi) is 7.32. The van der Waals surface area contributed by atoms with Crippen LogP contribution in [0.3, 0.4) is 0 Å². The zero-order valence-electron chi connectivity index (χ0n) is 15.5. The van der Waals surface area contributed by atoms with Gasteiger partial charge in [0.2, 0.25) is 10.0 Å². The van der Waals surface area contributed by atoms with Crippen LogP contribution in [0.4, 0.5) is 4.39 Å². The van der Waals surface area contributed by atoms with E-state index in [1.165, 1.54) is 7.05 Å². The van der Waals surface area contributed by atoms with Crippen molar-refractivity contribution < 1.29 is 27.1 Å². The molecule has 0 spiro atoms. The smallest absolute Gasteiger partial charge is 0.321 e. The Morgan fingerprint density at radius 1 is 1.22 bits per heavy atom. The summed E-state index contributed by atoms with van der Waals surface area (Å²) in [4.78, 5) is 23.7. The molecule has 0 saturated heterocycles. The Hall–Kier alpha value is -2.00. The number of carbonyl (C=O) groups is 2. The van der Waals surface area contributed by atoms with E-state index < -0.39 is 40.9 Å². The molecule has 2 rings (SSSR count). The number of nitrogens with zero attached hydrogens (tertiary/aromatic N) is 1. The average molecular weight is 400 g/mol. The summed E-state index contributed by atoms with van der Waals surface area (Å²) in [5.41, 5.74) is 0. The predicted molar refractivity (Wildman–Crippen MR) is 96.7 cm³/mol. The summed E-state index contributed by atoms with van der Waals surface area (Å²) < 4.78 is 43.3. The predicted octanol–water partition coefficient (Wildman–Crippen LogP) is 1.68. The summed E-state index contributed by atoms with van der Waals surface area (Å²) in [6.45, 7) is 1.07. The highest BCUT2D eigenvalue weighted by molar-refractivity contribution is 7.89. The van der Waals surface area contributed by atoms with Gasteiger partial charge in [0.25, 0.3) is 5.91 Å². The lowest BCUT2D eigenvalue weighted by molar-refractivity contribution is -0.148. The molecule has 0 radical (unpaired) electrons. The zero-order valence-corrected chi connectivity index (χ0v) is 16.3. The first-order valence-corrected chi connectivity index (χ1v) is 10.3. The average Bonchev–Trinajstić information content (AvgIpc) is 2.62. The van der Waals surface area contributed by atoms with Gasteiger partial charge in [0, 0.05) is 13.1 Å². The largest absolute Gasteiger partial charge is 0.455 e. The van der Waals surface area contributed by atoms with Crippen molar-refractivity contribution in [3.8, 4) is 0 Å². The van der Waals surface area contributed by atoms with Gasteiger partial charge in [-0.1, -0.05) is 19.8 Å². The Morgan fingerprint density at radius 2 is 1.85 bits per heavy atom. The first kappa shape index (κ1) is 21.3. The zero-order chi connectivity index (χ0) is 20.0. The van der Waals surface area contributed by atoms with Crippen molar-refractivity contribution in [3.05, 3.63) is 30.1 Å². The van der Waals surface area contributed by atoms with Crippen LogP contribution in [0.15, 0.2) is 29.2 Å². The maximum atomic E-state index is 12.9. The molecule has 1 fully saturated rings. The van der Waals surface area contributed by atoms with Crippen molar-refractivity contribution in [3.63, 3.8) is 0 Å². The van der Waals surface area contributed by atoms with Crippen LogP contribution in [-0.4, -0.2) is 50.8 Å². The number of ether oxygens (including phenoxy) is 1. The molecule has 1 amide bonds. The van der Waals surface area contributed by atoms with Crippen molar-refractivity contribution in [1.82, 2.24) is 9.62 Å². The second kappa shape index (κ2) is 9.27. The Balaban J connectivity index is 1.82. The number of likely N-dealkylation sites (N-methyl/N-ethyl adjacent to an activating group) is 1. The van der Waals surface area contributed by atoms with E-state index >= 15 is 0 Å². The van der Waals surface area contributed by atoms with E-state index in [-0.39, 0.29) is 10.9 Å². The molecule has 1 aliphatic rings. The number of carbonyl (C=O) groups excluding carboxylic acids is 2. The van der Waals surface area contributed by atoms with Crippen LogP contribution in [0, 0.1) is 11.7 Å². The van der Waals surface area contributed by atoms with Gasteiger partial charge in [0.05, 0.1) is 4.90 Å². The molecule has 2 atom stereocenters. The molecular weight excluding hydrogens is 375 g/mol. The minimum Gasteiger partial charge on any atom is -0.455 e. The molecule has 1 aromatic carbocycles. The molecule has 1 N–H and O–H groups in total. The number of hydrogen-bond donors (Lipinski definition) is 1. The summed E-state index contributed by atoms with van der Waals surface area (Å²) >= 11 is 0. The Labute approximate surface area is 158 Å². The summed E-state index contributed by atoms with van der Waals surface area (Å²) in [6.07, 6.45) is 4.16. The van der Waals surface area contributed by atoms with Gasteiger partial charge in [-0.25, -0.2) is 12.8 Å². The van der Waals surface area contributed by atoms with Gasteiger partial charge in [-0.3, -0.25) is 9.59 Å². The summed E-state index contributed by atoms with van der Waals surface area (Å²) in [5.74, 6) is -1.42. The van der Waals surface area contributed by atoms with Crippen LogP contribution in [0.5, 0.6) is 0 Å². The fourth-order valence-corrected chi connectivity index (χ4v) is 4.14. The second-order valence-corrected chi connectivity index (χ2v) is 8.86. The first-order chi connectivity index (χ1) is 12.7. The molecule has 27 heavy (non-hydrogen) atoms. The highest BCUT2D eigenvalue weighted by atomic mass is 32.2. The standard InChI is InChI=1S/C18H25FN2O5S/c1-13-5-3-4-6-16(13)20-17(22)12-26-18(23)11-21(2)27(24,25)15-9-7-14(19)8-10-15/h7-10,13,16H,3-6,11-12H2,1-2H3,(H,20,22)/t13-,16+/m1/s1. The van der Waals surface area contributed by atoms with Crippen LogP contribution in [-0.2, 0) is 24.3 Å². The van der Waals surface area contributed by atoms with E-state index in [9.17, 15) is 22.4 Å². The number of halogens is 1. The molecule has 9 heteroatoms. The molecule has 7 nitrogen and oxygen atoms in total. The summed E-state index contributed by atoms with van der Waals surface area (Å²) in [6, 6.07) is 4.36. The van der Waals surface area contributed by atoms with Crippen LogP contribution < -0.4 is 5.32 Å².